The largest absolute Gasteiger partial charge is 0.463 e. The quantitative estimate of drug-likeness (QED) is 0.234. The molecule has 0 amide bonds. The van der Waals surface area contributed by atoms with Crippen LogP contribution in [-0.2, 0) is 28.5 Å². The van der Waals surface area contributed by atoms with Crippen molar-refractivity contribution in [3.63, 3.8) is 0 Å². The summed E-state index contributed by atoms with van der Waals surface area (Å²) >= 11 is 0. The Morgan fingerprint density at radius 2 is 1.73 bits per heavy atom. The lowest BCUT2D eigenvalue weighted by molar-refractivity contribution is -0.295. The molecular weight excluding hydrogens is 582 g/mol. The Kier molecular flexibility index (Phi) is 14.4. The van der Waals surface area contributed by atoms with Gasteiger partial charge in [0.15, 0.2) is 12.1 Å². The number of carbonyl (C=O) groups excluding carboxylic acids is 2. The van der Waals surface area contributed by atoms with Crippen LogP contribution in [0.15, 0.2) is 0 Å². The highest BCUT2D eigenvalue weighted by Gasteiger charge is 2.52. The van der Waals surface area contributed by atoms with Crippen LogP contribution in [0, 0.1) is 17.3 Å². The minimum absolute atomic E-state index is 0.00109. The molecule has 2 rings (SSSR count). The summed E-state index contributed by atoms with van der Waals surface area (Å²) in [5, 5.41) is 32.3. The first-order valence-corrected chi connectivity index (χ1v) is 16.4. The zero-order chi connectivity index (χ0) is 34.5. The monoisotopic (exact) mass is 645 g/mol. The van der Waals surface area contributed by atoms with Gasteiger partial charge in [0, 0.05) is 38.7 Å². The van der Waals surface area contributed by atoms with Gasteiger partial charge in [0.1, 0.15) is 18.1 Å². The number of likely N-dealkylation sites (N-methyl/N-ethyl adjacent to an activating group) is 3. The smallest absolute Gasteiger partial charge is 0.319 e. The number of cyclic esters (lactones) is 1. The molecule has 45 heavy (non-hydrogen) atoms. The molecule has 264 valence electrons. The van der Waals surface area contributed by atoms with E-state index in [1.165, 1.54) is 0 Å². The summed E-state index contributed by atoms with van der Waals surface area (Å²) in [6.07, 6.45) is -1.55. The van der Waals surface area contributed by atoms with Crippen LogP contribution < -0.4 is 0 Å². The van der Waals surface area contributed by atoms with Gasteiger partial charge in [0.05, 0.1) is 36.1 Å². The van der Waals surface area contributed by atoms with E-state index >= 15 is 0 Å². The van der Waals surface area contributed by atoms with E-state index in [0.717, 1.165) is 0 Å². The van der Waals surface area contributed by atoms with Crippen LogP contribution in [0.4, 0.5) is 0 Å². The summed E-state index contributed by atoms with van der Waals surface area (Å²) in [5.74, 6) is -1.89. The van der Waals surface area contributed by atoms with Crippen molar-refractivity contribution >= 4 is 11.8 Å². The van der Waals surface area contributed by atoms with Gasteiger partial charge in [-0.2, -0.15) is 0 Å². The van der Waals surface area contributed by atoms with E-state index in [2.05, 4.69) is 6.92 Å². The minimum Gasteiger partial charge on any atom is -0.463 e. The molecule has 0 radical (unpaired) electrons. The molecule has 0 aliphatic carbocycles. The van der Waals surface area contributed by atoms with Gasteiger partial charge in [-0.15, -0.1) is 0 Å². The maximum Gasteiger partial charge on any atom is 0.319 e. The Balaban J connectivity index is 2.52. The zero-order valence-corrected chi connectivity index (χ0v) is 29.9. The second kappa shape index (κ2) is 16.3. The molecule has 3 N–H and O–H groups in total. The Morgan fingerprint density at radius 3 is 2.29 bits per heavy atom. The molecule has 10 atom stereocenters. The predicted molar refractivity (Wildman–Crippen MR) is 172 cm³/mol. The molecule has 0 bridgehead atoms. The first-order valence-electron chi connectivity index (χ1n) is 16.4. The molecule has 12 nitrogen and oxygen atoms in total. The van der Waals surface area contributed by atoms with Crippen LogP contribution in [-0.4, -0.2) is 158 Å². The van der Waals surface area contributed by atoms with Gasteiger partial charge in [0.25, 0.3) is 0 Å². The average molecular weight is 646 g/mol. The number of aliphatic hydroxyl groups is 3. The lowest BCUT2D eigenvalue weighted by atomic mass is 9.74. The Hall–Kier alpha value is -1.22. The summed E-state index contributed by atoms with van der Waals surface area (Å²) in [6, 6.07) is -0.771. The van der Waals surface area contributed by atoms with Crippen LogP contribution >= 0.6 is 0 Å². The van der Waals surface area contributed by atoms with Gasteiger partial charge in [-0.3, -0.25) is 14.5 Å². The maximum atomic E-state index is 14.2. The molecular formula is C33H63N3O9. The summed E-state index contributed by atoms with van der Waals surface area (Å²) in [6.45, 7) is 13.9. The topological polar surface area (TPSA) is 141 Å². The third kappa shape index (κ3) is 9.90. The van der Waals surface area contributed by atoms with Gasteiger partial charge in [-0.05, 0) is 88.0 Å². The highest BCUT2D eigenvalue weighted by molar-refractivity contribution is 6.04. The highest BCUT2D eigenvalue weighted by Crippen LogP contribution is 2.38. The maximum absolute atomic E-state index is 14.2. The number of Topliss-reactive ketones (excluding diaryl/α,β-unsaturated/α-hetero) is 1. The number of carbonyl (C=O) groups is 2. The van der Waals surface area contributed by atoms with E-state index in [0.29, 0.717) is 38.9 Å². The standard InChI is InChI=1S/C33H63N3O9/c1-21-18-33(7,42-12)28(45-29-26(38)24(34(8)9)17-22(2)44-29)23(3)27(39)31(4,5)30(40)43-20-25(36(11)19-21)32(6,41)13-14-35(10)15-16-37/h21-26,28-29,37-38,41H,13-20H2,1-12H3/t21-,22-,23+,24+,25+,26-,28-,29+,32-,33-/m1/s1. The van der Waals surface area contributed by atoms with Crippen molar-refractivity contribution in [3.05, 3.63) is 0 Å². The van der Waals surface area contributed by atoms with Crippen LogP contribution in [0.1, 0.15) is 67.7 Å². The fourth-order valence-corrected chi connectivity index (χ4v) is 7.07. The fourth-order valence-electron chi connectivity index (χ4n) is 7.07. The summed E-state index contributed by atoms with van der Waals surface area (Å²) < 4.78 is 24.7. The zero-order valence-electron chi connectivity index (χ0n) is 29.9. The molecule has 2 aliphatic heterocycles. The lowest BCUT2D eigenvalue weighted by Crippen LogP contribution is -2.59. The molecule has 0 saturated carbocycles. The number of ketones is 1. The van der Waals surface area contributed by atoms with Crippen molar-refractivity contribution in [2.24, 2.45) is 17.3 Å². The van der Waals surface area contributed by atoms with Gasteiger partial charge >= 0.3 is 5.97 Å². The lowest BCUT2D eigenvalue weighted by Gasteiger charge is -2.47. The van der Waals surface area contributed by atoms with E-state index in [9.17, 15) is 24.9 Å². The number of aliphatic hydroxyl groups excluding tert-OH is 2. The molecule has 2 fully saturated rings. The molecule has 12 heteroatoms. The molecule has 0 aromatic carbocycles. The number of methoxy groups -OCH3 is 1. The second-order valence-corrected chi connectivity index (χ2v) is 14.9. The van der Waals surface area contributed by atoms with Crippen molar-refractivity contribution in [2.45, 2.75) is 116 Å². The third-order valence-corrected chi connectivity index (χ3v) is 10.1. The van der Waals surface area contributed by atoms with Crippen molar-refractivity contribution in [1.29, 1.82) is 0 Å². The first kappa shape index (κ1) is 40.0. The molecule has 2 heterocycles. The SMILES string of the molecule is CO[C@]1(C)C[C@@H](C)CN(C)[C@H]([C@](C)(O)CCN(C)CCO)COC(=O)C(C)(C)C(=O)[C@H](C)[C@H]1O[C@@H]1O[C@H](C)C[C@H](N(C)C)[C@H]1O. The number of ether oxygens (including phenoxy) is 4. The first-order chi connectivity index (χ1) is 20.7. The van der Waals surface area contributed by atoms with Crippen LogP contribution in [0.2, 0.25) is 0 Å². The van der Waals surface area contributed by atoms with E-state index in [1.807, 2.05) is 56.7 Å². The molecule has 2 aliphatic rings. The summed E-state index contributed by atoms with van der Waals surface area (Å²) in [4.78, 5) is 33.7. The molecule has 2 saturated heterocycles. The van der Waals surface area contributed by atoms with Crippen molar-refractivity contribution in [3.8, 4) is 0 Å². The van der Waals surface area contributed by atoms with Crippen molar-refractivity contribution in [2.75, 3.05) is 68.1 Å². The van der Waals surface area contributed by atoms with Crippen molar-refractivity contribution in [1.82, 2.24) is 14.7 Å². The van der Waals surface area contributed by atoms with Gasteiger partial charge in [0.2, 0.25) is 0 Å². The van der Waals surface area contributed by atoms with Crippen LogP contribution in [0.3, 0.4) is 0 Å². The van der Waals surface area contributed by atoms with Gasteiger partial charge < -0.3 is 44.1 Å². The van der Waals surface area contributed by atoms with E-state index < -0.39 is 53.0 Å². The summed E-state index contributed by atoms with van der Waals surface area (Å²) in [5.41, 5.74) is -3.78. The second-order valence-electron chi connectivity index (χ2n) is 14.9. The normalized spacial score (nSPS) is 37.4. The van der Waals surface area contributed by atoms with E-state index in [1.54, 1.807) is 34.8 Å². The molecule has 0 aromatic heterocycles. The summed E-state index contributed by atoms with van der Waals surface area (Å²) in [7, 11) is 9.16. The average Bonchev–Trinajstić information content (AvgIpc) is 2.94. The third-order valence-electron chi connectivity index (χ3n) is 10.1. The van der Waals surface area contributed by atoms with Gasteiger partial charge in [-0.1, -0.05) is 13.8 Å². The number of rotatable bonds is 10. The molecule has 0 spiro atoms. The molecule has 0 aromatic rings. The predicted octanol–water partition coefficient (Wildman–Crippen LogP) is 1.38. The van der Waals surface area contributed by atoms with Crippen LogP contribution in [0.5, 0.6) is 0 Å². The van der Waals surface area contributed by atoms with Gasteiger partial charge in [-0.25, -0.2) is 0 Å². The van der Waals surface area contributed by atoms with E-state index in [4.69, 9.17) is 18.9 Å². The van der Waals surface area contributed by atoms with E-state index in [-0.39, 0.29) is 37.1 Å². The Labute approximate surface area is 271 Å². The Bertz CT molecular complexity index is 964. The van der Waals surface area contributed by atoms with Crippen molar-refractivity contribution < 1.29 is 43.9 Å². The minimum atomic E-state index is -1.53. The number of esters is 1. The van der Waals surface area contributed by atoms with Crippen LogP contribution in [0.25, 0.3) is 0 Å². The number of hydrogen-bond donors (Lipinski definition) is 3. The fraction of sp³-hybridized carbons (Fsp3) is 0.939. The number of hydrogen-bond acceptors (Lipinski definition) is 12. The number of nitrogens with zero attached hydrogens (tertiary/aromatic N) is 3. The highest BCUT2D eigenvalue weighted by atomic mass is 16.7. The Morgan fingerprint density at radius 1 is 1.11 bits per heavy atom. The molecule has 0 unspecified atom stereocenters.